The van der Waals surface area contributed by atoms with Gasteiger partial charge in [-0.15, -0.1) is 10.2 Å². The van der Waals surface area contributed by atoms with Crippen molar-refractivity contribution < 1.29 is 13.2 Å². The Bertz CT molecular complexity index is 632. The number of nitrogens with one attached hydrogen (secondary N) is 1. The van der Waals surface area contributed by atoms with Gasteiger partial charge in [-0.05, 0) is 25.0 Å². The van der Waals surface area contributed by atoms with Crippen molar-refractivity contribution in [3.8, 4) is 0 Å². The zero-order valence-corrected chi connectivity index (χ0v) is 15.8. The van der Waals surface area contributed by atoms with Crippen molar-refractivity contribution in [2.75, 3.05) is 29.9 Å². The fraction of sp³-hybridized carbons (Fsp3) is 0.769. The van der Waals surface area contributed by atoms with Gasteiger partial charge in [0.15, 0.2) is 4.34 Å². The Morgan fingerprint density at radius 3 is 2.91 bits per heavy atom. The molecule has 1 aromatic heterocycles. The highest BCUT2D eigenvalue weighted by Gasteiger charge is 2.32. The largest absolute Gasteiger partial charge is 0.300 e. The number of sulfonamides is 1. The maximum atomic E-state index is 12.4. The van der Waals surface area contributed by atoms with Gasteiger partial charge in [0.25, 0.3) is 0 Å². The van der Waals surface area contributed by atoms with Gasteiger partial charge in [0, 0.05) is 13.1 Å². The maximum absolute atomic E-state index is 12.4. The summed E-state index contributed by atoms with van der Waals surface area (Å²) in [6.45, 7) is 4.62. The number of anilines is 1. The third-order valence-corrected chi connectivity index (χ3v) is 7.41. The number of carbonyl (C=O) groups excluding carboxylic acids is 1. The number of carbonyl (C=O) groups is 1. The van der Waals surface area contributed by atoms with Crippen LogP contribution in [0.5, 0.6) is 0 Å². The smallest absolute Gasteiger partial charge is 0.230 e. The number of rotatable bonds is 7. The number of nitrogens with zero attached hydrogens (tertiary/aromatic N) is 3. The molecular weight excluding hydrogens is 356 g/mol. The minimum atomic E-state index is -3.25. The molecule has 0 aromatic carbocycles. The minimum Gasteiger partial charge on any atom is -0.300 e. The molecule has 0 spiro atoms. The van der Waals surface area contributed by atoms with E-state index in [0.29, 0.717) is 30.9 Å². The summed E-state index contributed by atoms with van der Waals surface area (Å²) in [4.78, 5) is 12.4. The summed E-state index contributed by atoms with van der Waals surface area (Å²) in [5, 5.41) is 11.2. The molecule has 1 unspecified atom stereocenters. The van der Waals surface area contributed by atoms with Crippen LogP contribution in [0.2, 0.25) is 0 Å². The molecule has 23 heavy (non-hydrogen) atoms. The van der Waals surface area contributed by atoms with E-state index in [2.05, 4.69) is 15.5 Å². The van der Waals surface area contributed by atoms with Crippen LogP contribution in [0.25, 0.3) is 0 Å². The van der Waals surface area contributed by atoms with Crippen molar-refractivity contribution in [2.45, 2.75) is 37.4 Å². The fourth-order valence-corrected chi connectivity index (χ4v) is 5.69. The summed E-state index contributed by atoms with van der Waals surface area (Å²) < 4.78 is 26.6. The molecule has 1 aromatic rings. The zero-order valence-electron chi connectivity index (χ0n) is 13.3. The first-order valence-electron chi connectivity index (χ1n) is 7.71. The van der Waals surface area contributed by atoms with Crippen LogP contribution in [0, 0.1) is 5.92 Å². The molecule has 1 amide bonds. The van der Waals surface area contributed by atoms with E-state index in [-0.39, 0.29) is 24.1 Å². The van der Waals surface area contributed by atoms with E-state index < -0.39 is 10.0 Å². The number of aromatic nitrogens is 2. The molecule has 0 aliphatic carbocycles. The summed E-state index contributed by atoms with van der Waals surface area (Å²) in [5.41, 5.74) is 0. The third kappa shape index (κ3) is 5.13. The average Bonchev–Trinajstić information content (AvgIpc) is 2.95. The van der Waals surface area contributed by atoms with Gasteiger partial charge in [0.05, 0.1) is 11.7 Å². The number of piperidine rings is 1. The molecule has 1 aliphatic rings. The standard InChI is InChI=1S/C13H22N4O3S3/c1-3-8-23(19,20)17-7-5-6-10(9-17)11(18)14-12-15-16-13(22-12)21-4-2/h10H,3-9H2,1-2H3,(H,14,15,18). The van der Waals surface area contributed by atoms with Crippen LogP contribution < -0.4 is 5.32 Å². The quantitative estimate of drug-likeness (QED) is 0.576. The molecule has 0 radical (unpaired) electrons. The van der Waals surface area contributed by atoms with Gasteiger partial charge in [-0.2, -0.15) is 0 Å². The van der Waals surface area contributed by atoms with Gasteiger partial charge >= 0.3 is 0 Å². The highest BCUT2D eigenvalue weighted by Crippen LogP contribution is 2.26. The minimum absolute atomic E-state index is 0.134. The number of thioether (sulfide) groups is 1. The van der Waals surface area contributed by atoms with Crippen molar-refractivity contribution in [3.05, 3.63) is 0 Å². The van der Waals surface area contributed by atoms with Crippen LogP contribution in [0.1, 0.15) is 33.1 Å². The molecule has 1 fully saturated rings. The average molecular weight is 379 g/mol. The Morgan fingerprint density at radius 1 is 1.43 bits per heavy atom. The lowest BCUT2D eigenvalue weighted by atomic mass is 9.99. The summed E-state index contributed by atoms with van der Waals surface area (Å²) in [6, 6.07) is 0. The van der Waals surface area contributed by atoms with E-state index in [9.17, 15) is 13.2 Å². The van der Waals surface area contributed by atoms with E-state index in [0.717, 1.165) is 10.1 Å². The van der Waals surface area contributed by atoms with Gasteiger partial charge in [0.1, 0.15) is 0 Å². The van der Waals surface area contributed by atoms with Crippen molar-refractivity contribution >= 4 is 44.2 Å². The molecule has 2 heterocycles. The van der Waals surface area contributed by atoms with Gasteiger partial charge in [-0.1, -0.05) is 36.9 Å². The maximum Gasteiger partial charge on any atom is 0.230 e. The Kier molecular flexibility index (Phi) is 6.81. The second-order valence-electron chi connectivity index (χ2n) is 5.31. The number of hydrogen-bond donors (Lipinski definition) is 1. The zero-order chi connectivity index (χ0) is 16.9. The molecule has 10 heteroatoms. The Balaban J connectivity index is 1.96. The molecule has 1 saturated heterocycles. The summed E-state index contributed by atoms with van der Waals surface area (Å²) in [5.74, 6) is 0.525. The Labute approximate surface area is 145 Å². The molecule has 0 saturated carbocycles. The van der Waals surface area contributed by atoms with Crippen LogP contribution >= 0.6 is 23.1 Å². The fourth-order valence-electron chi connectivity index (χ4n) is 2.45. The van der Waals surface area contributed by atoms with Crippen LogP contribution in [-0.4, -0.2) is 53.4 Å². The van der Waals surface area contributed by atoms with Crippen LogP contribution in [0.4, 0.5) is 5.13 Å². The first-order chi connectivity index (χ1) is 11.0. The van der Waals surface area contributed by atoms with Gasteiger partial charge < -0.3 is 5.32 Å². The monoisotopic (exact) mass is 378 g/mol. The molecule has 7 nitrogen and oxygen atoms in total. The Hall–Kier alpha value is -0.710. The number of hydrogen-bond acceptors (Lipinski definition) is 7. The second kappa shape index (κ2) is 8.41. The van der Waals surface area contributed by atoms with Crippen molar-refractivity contribution in [1.29, 1.82) is 0 Å². The third-order valence-electron chi connectivity index (χ3n) is 3.51. The highest BCUT2D eigenvalue weighted by molar-refractivity contribution is 8.01. The lowest BCUT2D eigenvalue weighted by molar-refractivity contribution is -0.120. The summed E-state index contributed by atoms with van der Waals surface area (Å²) >= 11 is 2.92. The molecule has 0 bridgehead atoms. The second-order valence-corrected chi connectivity index (χ2v) is 9.89. The van der Waals surface area contributed by atoms with Crippen LogP contribution in [-0.2, 0) is 14.8 Å². The lowest BCUT2D eigenvalue weighted by Gasteiger charge is -2.30. The lowest BCUT2D eigenvalue weighted by Crippen LogP contribution is -2.44. The topological polar surface area (TPSA) is 92.3 Å². The first kappa shape index (κ1) is 18.6. The molecule has 1 aliphatic heterocycles. The van der Waals surface area contributed by atoms with Gasteiger partial charge in [-0.3, -0.25) is 4.79 Å². The van der Waals surface area contributed by atoms with Gasteiger partial charge in [0.2, 0.25) is 21.1 Å². The van der Waals surface area contributed by atoms with Crippen LogP contribution in [0.3, 0.4) is 0 Å². The molecule has 1 atom stereocenters. The van der Waals surface area contributed by atoms with Crippen molar-refractivity contribution in [3.63, 3.8) is 0 Å². The van der Waals surface area contributed by atoms with Crippen molar-refractivity contribution in [2.24, 2.45) is 5.92 Å². The molecule has 2 rings (SSSR count). The SMILES string of the molecule is CCCS(=O)(=O)N1CCCC(C(=O)Nc2nnc(SCC)s2)C1. The van der Waals surface area contributed by atoms with E-state index in [1.165, 1.54) is 15.6 Å². The summed E-state index contributed by atoms with van der Waals surface area (Å²) in [7, 11) is -3.25. The highest BCUT2D eigenvalue weighted by atomic mass is 32.2. The normalized spacial score (nSPS) is 19.7. The van der Waals surface area contributed by atoms with E-state index in [1.54, 1.807) is 11.8 Å². The summed E-state index contributed by atoms with van der Waals surface area (Å²) in [6.07, 6.45) is 1.98. The van der Waals surface area contributed by atoms with E-state index >= 15 is 0 Å². The van der Waals surface area contributed by atoms with Gasteiger partial charge in [-0.25, -0.2) is 12.7 Å². The van der Waals surface area contributed by atoms with Crippen molar-refractivity contribution in [1.82, 2.24) is 14.5 Å². The molecule has 1 N–H and O–H groups in total. The molecular formula is C13H22N4O3S3. The number of amides is 1. The molecule has 130 valence electrons. The predicted octanol–water partition coefficient (Wildman–Crippen LogP) is 2.04. The first-order valence-corrected chi connectivity index (χ1v) is 11.1. The Morgan fingerprint density at radius 2 is 2.22 bits per heavy atom. The van der Waals surface area contributed by atoms with E-state index in [4.69, 9.17) is 0 Å². The van der Waals surface area contributed by atoms with Crippen LogP contribution in [0.15, 0.2) is 4.34 Å². The predicted molar refractivity (Wildman–Crippen MR) is 93.3 cm³/mol. The van der Waals surface area contributed by atoms with E-state index in [1.807, 2.05) is 13.8 Å².